The van der Waals surface area contributed by atoms with Crippen molar-refractivity contribution < 1.29 is 9.66 Å². The molecule has 8 heteroatoms. The van der Waals surface area contributed by atoms with Crippen LogP contribution in [0.5, 0.6) is 0 Å². The highest BCUT2D eigenvalue weighted by Gasteiger charge is 2.30. The van der Waals surface area contributed by atoms with Gasteiger partial charge >= 0.3 is 5.69 Å². The first-order valence-corrected chi connectivity index (χ1v) is 5.30. The predicted octanol–water partition coefficient (Wildman–Crippen LogP) is -0.273. The van der Waals surface area contributed by atoms with Crippen LogP contribution in [0.15, 0.2) is 6.20 Å². The first-order chi connectivity index (χ1) is 8.11. The van der Waals surface area contributed by atoms with Gasteiger partial charge in [0, 0.05) is 27.2 Å². The first-order valence-electron chi connectivity index (χ1n) is 5.30. The molecule has 0 aromatic carbocycles. The number of nitrogens with zero attached hydrogens (tertiary/aromatic N) is 3. The smallest absolute Gasteiger partial charge is 0.330 e. The SMILES string of the molecule is CO[C@H]1CNCC1Nc1nn(C)cc1[N+](=O)[O-]. The van der Waals surface area contributed by atoms with Crippen molar-refractivity contribution in [2.45, 2.75) is 12.1 Å². The van der Waals surface area contributed by atoms with E-state index >= 15 is 0 Å². The Bertz CT molecular complexity index is 419. The largest absolute Gasteiger partial charge is 0.378 e. The second-order valence-electron chi connectivity index (χ2n) is 3.98. The van der Waals surface area contributed by atoms with Crippen LogP contribution in [0.2, 0.25) is 0 Å². The Morgan fingerprint density at radius 3 is 3.12 bits per heavy atom. The van der Waals surface area contributed by atoms with Crippen LogP contribution in [-0.4, -0.2) is 47.0 Å². The number of anilines is 1. The van der Waals surface area contributed by atoms with Crippen molar-refractivity contribution in [3.8, 4) is 0 Å². The van der Waals surface area contributed by atoms with Crippen molar-refractivity contribution in [1.29, 1.82) is 0 Å². The quantitative estimate of drug-likeness (QED) is 0.556. The minimum Gasteiger partial charge on any atom is -0.378 e. The van der Waals surface area contributed by atoms with Gasteiger partial charge in [0.2, 0.25) is 5.82 Å². The third-order valence-corrected chi connectivity index (χ3v) is 2.79. The van der Waals surface area contributed by atoms with Crippen LogP contribution in [0, 0.1) is 10.1 Å². The Morgan fingerprint density at radius 1 is 1.71 bits per heavy atom. The van der Waals surface area contributed by atoms with Crippen LogP contribution in [0.3, 0.4) is 0 Å². The molecule has 2 heterocycles. The lowest BCUT2D eigenvalue weighted by atomic mass is 10.2. The topological polar surface area (TPSA) is 94.2 Å². The number of hydrogen-bond donors (Lipinski definition) is 2. The van der Waals surface area contributed by atoms with Crippen LogP contribution in [0.4, 0.5) is 11.5 Å². The van der Waals surface area contributed by atoms with E-state index in [2.05, 4.69) is 15.7 Å². The van der Waals surface area contributed by atoms with E-state index in [1.807, 2.05) is 0 Å². The van der Waals surface area contributed by atoms with Crippen molar-refractivity contribution in [3.05, 3.63) is 16.3 Å². The second-order valence-corrected chi connectivity index (χ2v) is 3.98. The zero-order valence-electron chi connectivity index (χ0n) is 9.71. The number of nitro groups is 1. The van der Waals surface area contributed by atoms with Crippen LogP contribution in [0.25, 0.3) is 0 Å². The third-order valence-electron chi connectivity index (χ3n) is 2.79. The molecular weight excluding hydrogens is 226 g/mol. The van der Waals surface area contributed by atoms with Crippen molar-refractivity contribution >= 4 is 11.5 Å². The fourth-order valence-corrected chi connectivity index (χ4v) is 1.93. The van der Waals surface area contributed by atoms with Crippen molar-refractivity contribution in [3.63, 3.8) is 0 Å². The molecule has 2 rings (SSSR count). The molecule has 1 aromatic heterocycles. The van der Waals surface area contributed by atoms with Gasteiger partial charge < -0.3 is 15.4 Å². The molecule has 17 heavy (non-hydrogen) atoms. The molecular formula is C9H15N5O3. The average Bonchev–Trinajstić information content (AvgIpc) is 2.85. The van der Waals surface area contributed by atoms with E-state index < -0.39 is 4.92 Å². The average molecular weight is 241 g/mol. The summed E-state index contributed by atoms with van der Waals surface area (Å²) in [4.78, 5) is 10.4. The van der Waals surface area contributed by atoms with Crippen LogP contribution in [0.1, 0.15) is 0 Å². The first kappa shape index (κ1) is 11.8. The molecule has 0 radical (unpaired) electrons. The lowest BCUT2D eigenvalue weighted by molar-refractivity contribution is -0.384. The molecule has 2 atom stereocenters. The summed E-state index contributed by atoms with van der Waals surface area (Å²) in [5, 5.41) is 21.1. The number of ether oxygens (including phenoxy) is 1. The number of nitrogens with one attached hydrogen (secondary N) is 2. The summed E-state index contributed by atoms with van der Waals surface area (Å²) in [6.45, 7) is 1.43. The standard InChI is InChI=1S/C9H15N5O3/c1-13-5-7(14(15)16)9(12-13)11-6-3-10-4-8(6)17-2/h5-6,8,10H,3-4H2,1-2H3,(H,11,12)/t6?,8-/m0/s1. The van der Waals surface area contributed by atoms with E-state index in [0.29, 0.717) is 6.54 Å². The predicted molar refractivity (Wildman–Crippen MR) is 60.9 cm³/mol. The molecule has 8 nitrogen and oxygen atoms in total. The summed E-state index contributed by atoms with van der Waals surface area (Å²) in [6.07, 6.45) is 1.38. The molecule has 2 N–H and O–H groups in total. The highest BCUT2D eigenvalue weighted by atomic mass is 16.6. The zero-order chi connectivity index (χ0) is 12.4. The lowest BCUT2D eigenvalue weighted by Crippen LogP contribution is -2.33. The lowest BCUT2D eigenvalue weighted by Gasteiger charge is -2.17. The van der Waals surface area contributed by atoms with E-state index in [0.717, 1.165) is 6.54 Å². The molecule has 0 saturated carbocycles. The molecule has 1 aliphatic rings. The summed E-state index contributed by atoms with van der Waals surface area (Å²) >= 11 is 0. The summed E-state index contributed by atoms with van der Waals surface area (Å²) in [6, 6.07) is -0.00593. The minimum absolute atomic E-state index is 0.00314. The Hall–Kier alpha value is -1.67. The van der Waals surface area contributed by atoms with Crippen LogP contribution >= 0.6 is 0 Å². The van der Waals surface area contributed by atoms with Gasteiger partial charge in [-0.3, -0.25) is 14.8 Å². The number of hydrogen-bond acceptors (Lipinski definition) is 6. The normalized spacial score (nSPS) is 23.9. The Balaban J connectivity index is 2.15. The molecule has 0 bridgehead atoms. The van der Waals surface area contributed by atoms with E-state index in [1.165, 1.54) is 10.9 Å². The number of aryl methyl sites for hydroxylation is 1. The van der Waals surface area contributed by atoms with Gasteiger partial charge in [0.1, 0.15) is 6.20 Å². The molecule has 94 valence electrons. The second kappa shape index (κ2) is 4.68. The maximum absolute atomic E-state index is 10.8. The van der Waals surface area contributed by atoms with Gasteiger partial charge in [-0.15, -0.1) is 5.10 Å². The van der Waals surface area contributed by atoms with Crippen molar-refractivity contribution in [1.82, 2.24) is 15.1 Å². The fraction of sp³-hybridized carbons (Fsp3) is 0.667. The van der Waals surface area contributed by atoms with E-state index in [-0.39, 0.29) is 23.7 Å². The Morgan fingerprint density at radius 2 is 2.47 bits per heavy atom. The Labute approximate surface area is 98.1 Å². The van der Waals surface area contributed by atoms with Gasteiger partial charge in [-0.2, -0.15) is 0 Å². The van der Waals surface area contributed by atoms with Gasteiger partial charge in [-0.05, 0) is 0 Å². The molecule has 1 saturated heterocycles. The summed E-state index contributed by atoms with van der Waals surface area (Å²) < 4.78 is 6.69. The van der Waals surface area contributed by atoms with Gasteiger partial charge in [0.05, 0.1) is 17.1 Å². The third kappa shape index (κ3) is 2.37. The van der Waals surface area contributed by atoms with Gasteiger partial charge in [-0.1, -0.05) is 0 Å². The summed E-state index contributed by atoms with van der Waals surface area (Å²) in [7, 11) is 3.28. The number of aromatic nitrogens is 2. The van der Waals surface area contributed by atoms with E-state index in [1.54, 1.807) is 14.2 Å². The zero-order valence-corrected chi connectivity index (χ0v) is 9.71. The summed E-state index contributed by atoms with van der Waals surface area (Å²) in [5.41, 5.74) is -0.0192. The molecule has 0 amide bonds. The molecule has 1 aliphatic heterocycles. The van der Waals surface area contributed by atoms with Gasteiger partial charge in [0.25, 0.3) is 0 Å². The van der Waals surface area contributed by atoms with Crippen molar-refractivity contribution in [2.24, 2.45) is 7.05 Å². The van der Waals surface area contributed by atoms with Crippen molar-refractivity contribution in [2.75, 3.05) is 25.5 Å². The number of methoxy groups -OCH3 is 1. The highest BCUT2D eigenvalue weighted by molar-refractivity contribution is 5.55. The summed E-state index contributed by atoms with van der Waals surface area (Å²) in [5.74, 6) is 0.285. The van der Waals surface area contributed by atoms with E-state index in [9.17, 15) is 10.1 Å². The molecule has 1 fully saturated rings. The Kier molecular flexibility index (Phi) is 3.25. The molecule has 0 spiro atoms. The molecule has 1 unspecified atom stereocenters. The maximum atomic E-state index is 10.8. The maximum Gasteiger partial charge on any atom is 0.330 e. The monoisotopic (exact) mass is 241 g/mol. The molecule has 1 aromatic rings. The van der Waals surface area contributed by atoms with Crippen LogP contribution < -0.4 is 10.6 Å². The fourth-order valence-electron chi connectivity index (χ4n) is 1.93. The minimum atomic E-state index is -0.445. The van der Waals surface area contributed by atoms with E-state index in [4.69, 9.17) is 4.74 Å². The highest BCUT2D eigenvalue weighted by Crippen LogP contribution is 2.23. The molecule has 0 aliphatic carbocycles. The van der Waals surface area contributed by atoms with Gasteiger partial charge in [-0.25, -0.2) is 0 Å². The van der Waals surface area contributed by atoms with Gasteiger partial charge in [0.15, 0.2) is 0 Å². The number of rotatable bonds is 4. The van der Waals surface area contributed by atoms with Crippen LogP contribution in [-0.2, 0) is 11.8 Å².